The third kappa shape index (κ3) is 3.98. The third-order valence-electron chi connectivity index (χ3n) is 3.62. The van der Waals surface area contributed by atoms with Crippen LogP contribution in [0.2, 0.25) is 0 Å². The number of hydrogen-bond donors (Lipinski definition) is 2. The van der Waals surface area contributed by atoms with Crippen molar-refractivity contribution in [2.24, 2.45) is 0 Å². The van der Waals surface area contributed by atoms with Gasteiger partial charge in [0.25, 0.3) is 0 Å². The van der Waals surface area contributed by atoms with Crippen molar-refractivity contribution in [3.8, 4) is 34.5 Å². The minimum Gasteiger partial charge on any atom is -0.508 e. The molecule has 1 aromatic heterocycles. The molecule has 0 unspecified atom stereocenters. The van der Waals surface area contributed by atoms with Gasteiger partial charge in [0, 0.05) is 23.4 Å². The van der Waals surface area contributed by atoms with Crippen LogP contribution in [-0.4, -0.2) is 27.3 Å². The summed E-state index contributed by atoms with van der Waals surface area (Å²) in [4.78, 5) is 8.63. The van der Waals surface area contributed by atoms with Gasteiger partial charge in [0.2, 0.25) is 5.88 Å². The van der Waals surface area contributed by atoms with E-state index in [2.05, 4.69) is 9.97 Å². The van der Waals surface area contributed by atoms with Gasteiger partial charge in [-0.15, -0.1) is 0 Å². The van der Waals surface area contributed by atoms with Gasteiger partial charge in [0.15, 0.2) is 5.82 Å². The number of aromatic nitrogens is 2. The average Bonchev–Trinajstić information content (AvgIpc) is 2.60. The topological polar surface area (TPSA) is 84.7 Å². The lowest BCUT2D eigenvalue weighted by Crippen LogP contribution is -2.01. The Balaban J connectivity index is 1.81. The number of ether oxygens (including phenoxy) is 2. The molecule has 0 aliphatic carbocycles. The zero-order chi connectivity index (χ0) is 17.8. The van der Waals surface area contributed by atoms with E-state index in [1.54, 1.807) is 13.3 Å². The van der Waals surface area contributed by atoms with Gasteiger partial charge in [-0.25, -0.2) is 4.98 Å². The molecule has 0 saturated heterocycles. The van der Waals surface area contributed by atoms with Crippen molar-refractivity contribution >= 4 is 0 Å². The Morgan fingerprint density at radius 2 is 1.68 bits per heavy atom. The fourth-order valence-corrected chi connectivity index (χ4v) is 2.31. The minimum atomic E-state index is -0.0557. The van der Waals surface area contributed by atoms with Gasteiger partial charge in [-0.1, -0.05) is 12.1 Å². The minimum absolute atomic E-state index is 0.0557. The molecule has 0 fully saturated rings. The highest BCUT2D eigenvalue weighted by Crippen LogP contribution is 2.28. The first kappa shape index (κ1) is 16.6. The van der Waals surface area contributed by atoms with E-state index < -0.39 is 0 Å². The van der Waals surface area contributed by atoms with Crippen LogP contribution in [-0.2, 0) is 6.61 Å². The van der Waals surface area contributed by atoms with E-state index >= 15 is 0 Å². The van der Waals surface area contributed by atoms with Crippen molar-refractivity contribution in [1.82, 2.24) is 9.97 Å². The molecular weight excluding hydrogens is 320 g/mol. The average molecular weight is 338 g/mol. The summed E-state index contributed by atoms with van der Waals surface area (Å²) in [7, 11) is 1.62. The zero-order valence-corrected chi connectivity index (χ0v) is 13.9. The van der Waals surface area contributed by atoms with E-state index in [4.69, 9.17) is 9.47 Å². The Hall–Kier alpha value is -3.28. The molecular formula is C19H18N2O4. The van der Waals surface area contributed by atoms with Crippen molar-refractivity contribution in [3.63, 3.8) is 0 Å². The summed E-state index contributed by atoms with van der Waals surface area (Å²) in [5, 5.41) is 19.2. The van der Waals surface area contributed by atoms with Crippen LogP contribution >= 0.6 is 0 Å². The normalized spacial score (nSPS) is 10.5. The lowest BCUT2D eigenvalue weighted by Gasteiger charge is -2.10. The third-order valence-corrected chi connectivity index (χ3v) is 3.62. The maximum absolute atomic E-state index is 9.62. The molecule has 0 atom stereocenters. The largest absolute Gasteiger partial charge is 0.508 e. The number of aromatic hydroxyl groups is 2. The smallest absolute Gasteiger partial charge is 0.220 e. The monoisotopic (exact) mass is 338 g/mol. The Morgan fingerprint density at radius 3 is 2.32 bits per heavy atom. The standard InChI is InChI=1S/C19H18N2O4/c1-12-10-20-18(14-7-15(22)9-16(23)8-14)21-19(12)25-11-13-3-5-17(24-2)6-4-13/h3-10,22-23H,11H2,1-2H3. The predicted molar refractivity (Wildman–Crippen MR) is 92.9 cm³/mol. The summed E-state index contributed by atoms with van der Waals surface area (Å²) in [5.41, 5.74) is 2.28. The van der Waals surface area contributed by atoms with Crippen LogP contribution in [0, 0.1) is 6.92 Å². The molecule has 0 bridgehead atoms. The number of phenolic OH excluding ortho intramolecular Hbond substituents is 2. The molecule has 0 spiro atoms. The quantitative estimate of drug-likeness (QED) is 0.741. The number of hydrogen-bond acceptors (Lipinski definition) is 6. The summed E-state index contributed by atoms with van der Waals surface area (Å²) in [6.45, 7) is 2.21. The molecule has 6 heteroatoms. The Bertz CT molecular complexity index is 859. The van der Waals surface area contributed by atoms with Crippen LogP contribution in [0.1, 0.15) is 11.1 Å². The molecule has 0 amide bonds. The number of aryl methyl sites for hydroxylation is 1. The number of phenols is 2. The summed E-state index contributed by atoms with van der Waals surface area (Å²) >= 11 is 0. The molecule has 0 saturated carbocycles. The fourth-order valence-electron chi connectivity index (χ4n) is 2.31. The van der Waals surface area contributed by atoms with Crippen molar-refractivity contribution in [3.05, 3.63) is 59.8 Å². The maximum atomic E-state index is 9.62. The van der Waals surface area contributed by atoms with Gasteiger partial charge in [-0.05, 0) is 36.8 Å². The molecule has 2 N–H and O–H groups in total. The molecule has 6 nitrogen and oxygen atoms in total. The van der Waals surface area contributed by atoms with Gasteiger partial charge in [-0.3, -0.25) is 0 Å². The number of nitrogens with zero attached hydrogens (tertiary/aromatic N) is 2. The molecule has 1 heterocycles. The summed E-state index contributed by atoms with van der Waals surface area (Å²) in [6, 6.07) is 11.8. The molecule has 3 rings (SSSR count). The predicted octanol–water partition coefficient (Wildman–Crippen LogP) is 3.45. The second-order valence-corrected chi connectivity index (χ2v) is 5.56. The van der Waals surface area contributed by atoms with Gasteiger partial charge in [0.1, 0.15) is 23.9 Å². The first-order valence-electron chi connectivity index (χ1n) is 7.68. The van der Waals surface area contributed by atoms with E-state index in [9.17, 15) is 10.2 Å². The Morgan fingerprint density at radius 1 is 1.00 bits per heavy atom. The maximum Gasteiger partial charge on any atom is 0.220 e. The number of benzene rings is 2. The molecule has 25 heavy (non-hydrogen) atoms. The van der Waals surface area contributed by atoms with Crippen LogP contribution in [0.15, 0.2) is 48.7 Å². The summed E-state index contributed by atoms with van der Waals surface area (Å²) in [5.74, 6) is 1.48. The molecule has 0 aliphatic heterocycles. The SMILES string of the molecule is COc1ccc(COc2nc(-c3cc(O)cc(O)c3)ncc2C)cc1. The second-order valence-electron chi connectivity index (χ2n) is 5.56. The fraction of sp³-hybridized carbons (Fsp3) is 0.158. The van der Waals surface area contributed by atoms with Gasteiger partial charge < -0.3 is 19.7 Å². The molecule has 3 aromatic rings. The van der Waals surface area contributed by atoms with Gasteiger partial charge in [0.05, 0.1) is 7.11 Å². The van der Waals surface area contributed by atoms with Crippen molar-refractivity contribution in [2.75, 3.05) is 7.11 Å². The zero-order valence-electron chi connectivity index (χ0n) is 13.9. The molecule has 2 aromatic carbocycles. The summed E-state index contributed by atoms with van der Waals surface area (Å²) in [6.07, 6.45) is 1.65. The van der Waals surface area contributed by atoms with Crippen molar-refractivity contribution < 1.29 is 19.7 Å². The lowest BCUT2D eigenvalue weighted by atomic mass is 10.2. The van der Waals surface area contributed by atoms with E-state index in [-0.39, 0.29) is 11.5 Å². The van der Waals surface area contributed by atoms with E-state index in [1.807, 2.05) is 31.2 Å². The first-order valence-corrected chi connectivity index (χ1v) is 7.68. The Labute approximate surface area is 145 Å². The first-order chi connectivity index (χ1) is 12.0. The summed E-state index contributed by atoms with van der Waals surface area (Å²) < 4.78 is 10.9. The van der Waals surface area contributed by atoms with Crippen LogP contribution in [0.4, 0.5) is 0 Å². The highest BCUT2D eigenvalue weighted by atomic mass is 16.5. The van der Waals surface area contributed by atoms with Gasteiger partial charge >= 0.3 is 0 Å². The van der Waals surface area contributed by atoms with Crippen LogP contribution in [0.5, 0.6) is 23.1 Å². The Kier molecular flexibility index (Phi) is 4.70. The van der Waals surface area contributed by atoms with Crippen LogP contribution < -0.4 is 9.47 Å². The highest BCUT2D eigenvalue weighted by Gasteiger charge is 2.10. The van der Waals surface area contributed by atoms with E-state index in [0.29, 0.717) is 23.9 Å². The molecule has 0 radical (unpaired) electrons. The number of methoxy groups -OCH3 is 1. The van der Waals surface area contributed by atoms with Crippen LogP contribution in [0.25, 0.3) is 11.4 Å². The van der Waals surface area contributed by atoms with E-state index in [1.165, 1.54) is 18.2 Å². The second kappa shape index (κ2) is 7.09. The molecule has 128 valence electrons. The van der Waals surface area contributed by atoms with E-state index in [0.717, 1.165) is 16.9 Å². The molecule has 0 aliphatic rings. The van der Waals surface area contributed by atoms with Crippen molar-refractivity contribution in [2.45, 2.75) is 13.5 Å². The van der Waals surface area contributed by atoms with Crippen LogP contribution in [0.3, 0.4) is 0 Å². The lowest BCUT2D eigenvalue weighted by molar-refractivity contribution is 0.291. The highest BCUT2D eigenvalue weighted by molar-refractivity contribution is 5.60. The number of rotatable bonds is 5. The van der Waals surface area contributed by atoms with Gasteiger partial charge in [-0.2, -0.15) is 4.98 Å². The van der Waals surface area contributed by atoms with Crippen molar-refractivity contribution in [1.29, 1.82) is 0 Å².